The van der Waals surface area contributed by atoms with Crippen LogP contribution in [0.15, 0.2) is 42.5 Å². The highest BCUT2D eigenvalue weighted by molar-refractivity contribution is 5.90. The van der Waals surface area contributed by atoms with Crippen molar-refractivity contribution in [3.63, 3.8) is 0 Å². The second-order valence-corrected chi connectivity index (χ2v) is 7.19. The number of hydrogen-bond donors (Lipinski definition) is 2. The van der Waals surface area contributed by atoms with Crippen LogP contribution in [0, 0.1) is 27.7 Å². The summed E-state index contributed by atoms with van der Waals surface area (Å²) in [6.07, 6.45) is 0. The van der Waals surface area contributed by atoms with E-state index in [0.29, 0.717) is 17.3 Å². The average Bonchev–Trinajstić information content (AvgIpc) is 3.01. The standard InChI is InChI=1S/C22H21N5O2/c1-12-5-8-17-19(9-12)25-21(27-15(4)10-14(3)26-27)20(23-17)24-18-11-16(22(28)29)7-6-13(18)2/h5-11H,1-4H3,(H,23,24)(H,28,29). The zero-order valence-corrected chi connectivity index (χ0v) is 16.7. The summed E-state index contributed by atoms with van der Waals surface area (Å²) >= 11 is 0. The molecule has 2 aromatic heterocycles. The second-order valence-electron chi connectivity index (χ2n) is 7.19. The smallest absolute Gasteiger partial charge is 0.335 e. The van der Waals surface area contributed by atoms with Crippen molar-refractivity contribution in [2.24, 2.45) is 0 Å². The van der Waals surface area contributed by atoms with E-state index in [1.807, 2.05) is 52.0 Å². The minimum absolute atomic E-state index is 0.204. The number of benzene rings is 2. The van der Waals surface area contributed by atoms with E-state index in [1.54, 1.807) is 22.9 Å². The van der Waals surface area contributed by atoms with Gasteiger partial charge in [0.2, 0.25) is 0 Å². The highest BCUT2D eigenvalue weighted by Gasteiger charge is 2.16. The van der Waals surface area contributed by atoms with Gasteiger partial charge in [0, 0.05) is 11.4 Å². The van der Waals surface area contributed by atoms with Crippen LogP contribution in [-0.4, -0.2) is 30.8 Å². The first-order valence-corrected chi connectivity index (χ1v) is 9.25. The van der Waals surface area contributed by atoms with Gasteiger partial charge in [0.25, 0.3) is 0 Å². The molecule has 2 aromatic carbocycles. The lowest BCUT2D eigenvalue weighted by Gasteiger charge is -2.15. The van der Waals surface area contributed by atoms with E-state index >= 15 is 0 Å². The highest BCUT2D eigenvalue weighted by Crippen LogP contribution is 2.27. The van der Waals surface area contributed by atoms with Crippen molar-refractivity contribution in [3.8, 4) is 5.82 Å². The van der Waals surface area contributed by atoms with E-state index < -0.39 is 5.97 Å². The zero-order chi connectivity index (χ0) is 20.7. The van der Waals surface area contributed by atoms with Crippen LogP contribution in [0.4, 0.5) is 11.5 Å². The van der Waals surface area contributed by atoms with E-state index in [0.717, 1.165) is 33.5 Å². The molecule has 0 unspecified atom stereocenters. The van der Waals surface area contributed by atoms with Crippen molar-refractivity contribution in [2.45, 2.75) is 27.7 Å². The Balaban J connectivity index is 1.92. The van der Waals surface area contributed by atoms with Gasteiger partial charge in [-0.2, -0.15) is 5.10 Å². The van der Waals surface area contributed by atoms with Gasteiger partial charge in [-0.15, -0.1) is 0 Å². The third-order valence-corrected chi connectivity index (χ3v) is 4.75. The fourth-order valence-electron chi connectivity index (χ4n) is 3.25. The summed E-state index contributed by atoms with van der Waals surface area (Å²) in [6.45, 7) is 7.81. The van der Waals surface area contributed by atoms with Crippen LogP contribution < -0.4 is 5.32 Å². The maximum Gasteiger partial charge on any atom is 0.335 e. The Bertz CT molecular complexity index is 1260. The number of aromatic carboxylic acids is 1. The molecule has 0 aliphatic carbocycles. The molecular weight excluding hydrogens is 366 g/mol. The van der Waals surface area contributed by atoms with Crippen LogP contribution in [-0.2, 0) is 0 Å². The Morgan fingerprint density at radius 3 is 2.45 bits per heavy atom. The molecule has 0 bridgehead atoms. The Morgan fingerprint density at radius 1 is 0.966 bits per heavy atom. The van der Waals surface area contributed by atoms with Gasteiger partial charge in [0.05, 0.1) is 22.3 Å². The Kier molecular flexibility index (Phi) is 4.50. The lowest BCUT2D eigenvalue weighted by atomic mass is 10.1. The molecule has 7 heteroatoms. The largest absolute Gasteiger partial charge is 0.478 e. The number of carboxylic acids is 1. The van der Waals surface area contributed by atoms with Gasteiger partial charge in [-0.3, -0.25) is 0 Å². The summed E-state index contributed by atoms with van der Waals surface area (Å²) in [4.78, 5) is 21.0. The molecule has 0 radical (unpaired) electrons. The Labute approximate surface area is 168 Å². The molecule has 0 fully saturated rings. The molecule has 4 rings (SSSR count). The summed E-state index contributed by atoms with van der Waals surface area (Å²) in [7, 11) is 0. The first kappa shape index (κ1) is 18.6. The number of carboxylic acid groups (broad SMARTS) is 1. The Morgan fingerprint density at radius 2 is 1.76 bits per heavy atom. The van der Waals surface area contributed by atoms with Crippen molar-refractivity contribution in [1.82, 2.24) is 19.7 Å². The summed E-state index contributed by atoms with van der Waals surface area (Å²) < 4.78 is 1.75. The summed E-state index contributed by atoms with van der Waals surface area (Å²) in [5, 5.41) is 17.2. The fourth-order valence-corrected chi connectivity index (χ4v) is 3.25. The van der Waals surface area contributed by atoms with Crippen LogP contribution in [0.1, 0.15) is 32.9 Å². The number of aromatic nitrogens is 4. The molecule has 146 valence electrons. The van der Waals surface area contributed by atoms with Gasteiger partial charge in [-0.1, -0.05) is 12.1 Å². The predicted octanol–water partition coefficient (Wildman–Crippen LogP) is 4.49. The monoisotopic (exact) mass is 387 g/mol. The minimum atomic E-state index is -0.980. The third-order valence-electron chi connectivity index (χ3n) is 4.75. The number of nitrogens with one attached hydrogen (secondary N) is 1. The predicted molar refractivity (Wildman–Crippen MR) is 112 cm³/mol. The van der Waals surface area contributed by atoms with Gasteiger partial charge >= 0.3 is 5.97 Å². The van der Waals surface area contributed by atoms with E-state index in [9.17, 15) is 9.90 Å². The number of aryl methyl sites for hydroxylation is 4. The Hall–Kier alpha value is -3.74. The molecule has 0 aliphatic heterocycles. The third kappa shape index (κ3) is 3.54. The fraction of sp³-hybridized carbons (Fsp3) is 0.182. The number of carbonyl (C=O) groups is 1. The first-order chi connectivity index (χ1) is 13.8. The number of hydrogen-bond acceptors (Lipinski definition) is 5. The van der Waals surface area contributed by atoms with Crippen molar-refractivity contribution in [3.05, 3.63) is 70.5 Å². The van der Waals surface area contributed by atoms with Gasteiger partial charge in [-0.05, 0) is 69.2 Å². The lowest BCUT2D eigenvalue weighted by molar-refractivity contribution is 0.0697. The molecule has 0 saturated heterocycles. The van der Waals surface area contributed by atoms with Crippen molar-refractivity contribution in [1.29, 1.82) is 0 Å². The SMILES string of the molecule is Cc1ccc2nc(Nc3cc(C(=O)O)ccc3C)c(-n3nc(C)cc3C)nc2c1. The molecule has 0 saturated carbocycles. The molecule has 2 heterocycles. The molecule has 29 heavy (non-hydrogen) atoms. The molecule has 0 aliphatic rings. The van der Waals surface area contributed by atoms with Crippen molar-refractivity contribution in [2.75, 3.05) is 5.32 Å². The van der Waals surface area contributed by atoms with Crippen LogP contribution in [0.2, 0.25) is 0 Å². The zero-order valence-electron chi connectivity index (χ0n) is 16.7. The number of anilines is 2. The highest BCUT2D eigenvalue weighted by atomic mass is 16.4. The number of fused-ring (bicyclic) bond motifs is 1. The maximum atomic E-state index is 11.4. The topological polar surface area (TPSA) is 92.9 Å². The first-order valence-electron chi connectivity index (χ1n) is 9.25. The minimum Gasteiger partial charge on any atom is -0.478 e. The van der Waals surface area contributed by atoms with Gasteiger partial charge in [-0.25, -0.2) is 19.4 Å². The van der Waals surface area contributed by atoms with E-state index in [-0.39, 0.29) is 5.56 Å². The molecule has 4 aromatic rings. The molecule has 7 nitrogen and oxygen atoms in total. The molecule has 0 amide bonds. The van der Waals surface area contributed by atoms with Crippen LogP contribution in [0.25, 0.3) is 16.9 Å². The molecule has 2 N–H and O–H groups in total. The van der Waals surface area contributed by atoms with Crippen LogP contribution in [0.5, 0.6) is 0 Å². The van der Waals surface area contributed by atoms with E-state index in [4.69, 9.17) is 9.97 Å². The summed E-state index contributed by atoms with van der Waals surface area (Å²) in [6, 6.07) is 12.8. The molecular formula is C22H21N5O2. The van der Waals surface area contributed by atoms with Crippen LogP contribution >= 0.6 is 0 Å². The number of nitrogens with zero attached hydrogens (tertiary/aromatic N) is 4. The van der Waals surface area contributed by atoms with Gasteiger partial charge in [0.1, 0.15) is 0 Å². The van der Waals surface area contributed by atoms with E-state index in [2.05, 4.69) is 10.4 Å². The van der Waals surface area contributed by atoms with Crippen molar-refractivity contribution >= 4 is 28.5 Å². The average molecular weight is 387 g/mol. The van der Waals surface area contributed by atoms with E-state index in [1.165, 1.54) is 0 Å². The lowest BCUT2D eigenvalue weighted by Crippen LogP contribution is -2.09. The molecule has 0 atom stereocenters. The quantitative estimate of drug-likeness (QED) is 0.536. The van der Waals surface area contributed by atoms with Gasteiger partial charge in [0.15, 0.2) is 11.6 Å². The summed E-state index contributed by atoms with van der Waals surface area (Å²) in [5.74, 6) is 0.0962. The number of rotatable bonds is 4. The van der Waals surface area contributed by atoms with Crippen LogP contribution in [0.3, 0.4) is 0 Å². The second kappa shape index (κ2) is 7.01. The molecule has 0 spiro atoms. The van der Waals surface area contributed by atoms with Gasteiger partial charge < -0.3 is 10.4 Å². The normalized spacial score (nSPS) is 11.0. The maximum absolute atomic E-state index is 11.4. The van der Waals surface area contributed by atoms with Crippen molar-refractivity contribution < 1.29 is 9.90 Å². The summed E-state index contributed by atoms with van der Waals surface area (Å²) in [5.41, 5.74) is 6.19.